The molecule has 29 nitrogen and oxygen atoms in total. The highest BCUT2D eigenvalue weighted by Gasteiger charge is 2.72. The molecule has 0 aromatic rings. The first kappa shape index (κ1) is 70.5. The molecular weight excluding hydrogens is 1220 g/mol. The Morgan fingerprint density at radius 1 is 0.565 bits per heavy atom. The van der Waals surface area contributed by atoms with E-state index < -0.39 is 244 Å². The fraction of sp³-hybridized carbons (Fsp3) is 0.921. The van der Waals surface area contributed by atoms with Crippen molar-refractivity contribution >= 4 is 17.9 Å². The number of rotatable bonds is 4. The minimum absolute atomic E-state index is 0.109. The number of carbonyl (C=O) groups is 3. The molecule has 12 aliphatic heterocycles. The number of esters is 3. The van der Waals surface area contributed by atoms with Gasteiger partial charge in [0.2, 0.25) is 6.29 Å². The first-order valence-electron chi connectivity index (χ1n) is 32.6. The smallest absolute Gasteiger partial charge is 0.315 e. The van der Waals surface area contributed by atoms with Crippen LogP contribution in [-0.2, 0) is 71.2 Å². The maximum Gasteiger partial charge on any atom is 0.315 e. The maximum absolute atomic E-state index is 15.6. The molecule has 524 valence electrons. The lowest BCUT2D eigenvalue weighted by atomic mass is 9.33. The van der Waals surface area contributed by atoms with Crippen LogP contribution in [0.25, 0.3) is 0 Å². The van der Waals surface area contributed by atoms with Crippen LogP contribution in [-0.4, -0.2) is 275 Å². The number of ether oxygens (including phenoxy) is 12. The second-order valence-corrected chi connectivity index (χ2v) is 30.5. The summed E-state index contributed by atoms with van der Waals surface area (Å²) in [6.07, 6.45) is -36.9. The highest BCUT2D eigenvalue weighted by atomic mass is 16.8. The van der Waals surface area contributed by atoms with E-state index in [9.17, 15) is 81.1 Å². The van der Waals surface area contributed by atoms with Crippen molar-refractivity contribution in [3.05, 3.63) is 11.6 Å². The van der Waals surface area contributed by atoms with Crippen LogP contribution in [0.2, 0.25) is 0 Å². The van der Waals surface area contributed by atoms with Crippen LogP contribution in [0.5, 0.6) is 0 Å². The molecule has 5 aliphatic carbocycles. The molecule has 92 heavy (non-hydrogen) atoms. The van der Waals surface area contributed by atoms with Gasteiger partial charge >= 0.3 is 17.9 Å². The lowest BCUT2D eigenvalue weighted by Crippen LogP contribution is -2.70. The molecule has 8 saturated heterocycles. The standard InChI is InChI=1S/C63H98O29/c1-26-46-47(88-51-43(76)38(71)30(67)22-81-51)45(78)53(84-26)90-48-39(72)31(68)23-82-54(48)92-56(79)63-15-13-57(2,3)17-28(63)27-9-10-35-59(5)18-29(66)50(60(6,25-65)34(59)11-12-62(35,8)61(27,7)14-16-63)91-55-49(42(75)40(73)32(21-64)86-55)89-52-44(77)41(74)33(24-83-52)85-36(69)19-58(4,80)20-37(70)87-46/h9,26,28-35,38-55,64-68,71-78,80H,10-25H2,1-8H3/t26-,28-,29-,30+,31-,32+,33+,34+,35+,38-,39-,40+,41-,42-,43+,44+,45+,46-,47-,48+,49+,50-,51-,52+,53-,54-,55-,58-,59-,60-,61+,62+,63-/m0/s1. The van der Waals surface area contributed by atoms with Gasteiger partial charge in [-0.2, -0.15) is 0 Å². The number of allylic oxidation sites excluding steroid dienone is 2. The van der Waals surface area contributed by atoms with Crippen molar-refractivity contribution in [2.24, 2.45) is 50.2 Å². The summed E-state index contributed by atoms with van der Waals surface area (Å²) in [6, 6.07) is 0. The van der Waals surface area contributed by atoms with E-state index in [0.29, 0.717) is 51.4 Å². The van der Waals surface area contributed by atoms with E-state index in [1.165, 1.54) is 6.92 Å². The van der Waals surface area contributed by atoms with Crippen molar-refractivity contribution in [3.8, 4) is 0 Å². The third-order valence-corrected chi connectivity index (χ3v) is 24.0. The number of hydrogen-bond donors (Lipinski definition) is 14. The Morgan fingerprint density at radius 3 is 1.90 bits per heavy atom. The zero-order chi connectivity index (χ0) is 66.9. The third kappa shape index (κ3) is 12.1. The van der Waals surface area contributed by atoms with Crippen LogP contribution in [0.4, 0.5) is 0 Å². The summed E-state index contributed by atoms with van der Waals surface area (Å²) in [5.41, 5.74) is -5.49. The summed E-state index contributed by atoms with van der Waals surface area (Å²) in [4.78, 5) is 43.1. The summed E-state index contributed by atoms with van der Waals surface area (Å²) in [6.45, 7) is 12.2. The predicted molar refractivity (Wildman–Crippen MR) is 306 cm³/mol. The van der Waals surface area contributed by atoms with Gasteiger partial charge in [-0.25, -0.2) is 0 Å². The van der Waals surface area contributed by atoms with Crippen molar-refractivity contribution in [1.29, 1.82) is 0 Å². The molecule has 0 aromatic heterocycles. The Labute approximate surface area is 533 Å². The highest BCUT2D eigenvalue weighted by Crippen LogP contribution is 2.76. The zero-order valence-electron chi connectivity index (χ0n) is 53.4. The lowest BCUT2D eigenvalue weighted by Gasteiger charge is -2.72. The van der Waals surface area contributed by atoms with Crippen LogP contribution >= 0.6 is 0 Å². The van der Waals surface area contributed by atoms with Gasteiger partial charge in [0.1, 0.15) is 79.4 Å². The first-order chi connectivity index (χ1) is 43.1. The Kier molecular flexibility index (Phi) is 19.8. The maximum atomic E-state index is 15.6. The van der Waals surface area contributed by atoms with E-state index in [1.54, 1.807) is 0 Å². The molecule has 4 saturated carbocycles. The largest absolute Gasteiger partial charge is 0.457 e. The second kappa shape index (κ2) is 25.8. The summed E-state index contributed by atoms with van der Waals surface area (Å²) in [7, 11) is 0. The van der Waals surface area contributed by atoms with Gasteiger partial charge in [-0.1, -0.05) is 53.2 Å². The average Bonchev–Trinajstić information content (AvgIpc) is 0.674. The van der Waals surface area contributed by atoms with Crippen molar-refractivity contribution in [2.75, 3.05) is 33.0 Å². The molecule has 17 aliphatic rings. The number of hydrogen-bond acceptors (Lipinski definition) is 29. The summed E-state index contributed by atoms with van der Waals surface area (Å²) < 4.78 is 72.3. The molecule has 12 heterocycles. The van der Waals surface area contributed by atoms with Crippen molar-refractivity contribution in [3.63, 3.8) is 0 Å². The van der Waals surface area contributed by atoms with Crippen LogP contribution in [0.3, 0.4) is 0 Å². The molecule has 0 aromatic carbocycles. The summed E-state index contributed by atoms with van der Waals surface area (Å²) in [5.74, 6) is -3.90. The topological polar surface area (TPSA) is 445 Å². The van der Waals surface area contributed by atoms with E-state index in [0.717, 1.165) is 12.5 Å². The number of aliphatic hydroxyl groups excluding tert-OH is 13. The fourth-order valence-electron chi connectivity index (χ4n) is 18.5. The van der Waals surface area contributed by atoms with E-state index in [-0.39, 0.29) is 29.6 Å². The molecule has 14 N–H and O–H groups in total. The normalized spacial score (nSPS) is 54.4. The number of aliphatic hydroxyl groups is 14. The van der Waals surface area contributed by atoms with Gasteiger partial charge in [-0.15, -0.1) is 0 Å². The van der Waals surface area contributed by atoms with Gasteiger partial charge in [-0.05, 0) is 111 Å². The minimum Gasteiger partial charge on any atom is -0.457 e. The predicted octanol–water partition coefficient (Wildman–Crippen LogP) is -2.68. The van der Waals surface area contributed by atoms with E-state index in [2.05, 4.69) is 40.7 Å². The van der Waals surface area contributed by atoms with Crippen molar-refractivity contribution in [1.82, 2.24) is 0 Å². The van der Waals surface area contributed by atoms with Crippen LogP contribution in [0.15, 0.2) is 11.6 Å². The first-order valence-corrected chi connectivity index (χ1v) is 32.6. The molecule has 12 fully saturated rings. The molecule has 17 rings (SSSR count). The van der Waals surface area contributed by atoms with E-state index >= 15 is 4.79 Å². The van der Waals surface area contributed by atoms with Gasteiger partial charge in [0, 0.05) is 5.41 Å². The van der Waals surface area contributed by atoms with Crippen LogP contribution in [0, 0.1) is 50.2 Å². The Bertz CT molecular complexity index is 2700. The second-order valence-electron chi connectivity index (χ2n) is 30.5. The Balaban J connectivity index is 0.951. The highest BCUT2D eigenvalue weighted by molar-refractivity contribution is 5.79. The molecule has 0 unspecified atom stereocenters. The zero-order valence-corrected chi connectivity index (χ0v) is 53.4. The molecule has 1 spiro atoms. The van der Waals surface area contributed by atoms with Gasteiger partial charge in [0.15, 0.2) is 43.5 Å². The van der Waals surface area contributed by atoms with Crippen molar-refractivity contribution in [2.45, 2.75) is 279 Å². The molecule has 0 amide bonds. The van der Waals surface area contributed by atoms with Gasteiger partial charge < -0.3 is 128 Å². The molecule has 33 atom stereocenters. The average molecular weight is 1320 g/mol. The molecule has 0 radical (unpaired) electrons. The van der Waals surface area contributed by atoms with Crippen molar-refractivity contribution < 1.29 is 143 Å². The van der Waals surface area contributed by atoms with E-state index in [1.807, 2.05) is 6.92 Å². The van der Waals surface area contributed by atoms with Gasteiger partial charge in [0.05, 0.1) is 75.2 Å². The Morgan fingerprint density at radius 2 is 1.21 bits per heavy atom. The lowest BCUT2D eigenvalue weighted by molar-refractivity contribution is -0.377. The van der Waals surface area contributed by atoms with E-state index in [4.69, 9.17) is 56.8 Å². The fourth-order valence-corrected chi connectivity index (χ4v) is 18.5. The quantitative estimate of drug-likeness (QED) is 0.0590. The Hall–Kier alpha value is -2.77. The molecule has 29 heteroatoms. The summed E-state index contributed by atoms with van der Waals surface area (Å²) in [5, 5.41) is 159. The van der Waals surface area contributed by atoms with Gasteiger partial charge in [-0.3, -0.25) is 14.4 Å². The third-order valence-electron chi connectivity index (χ3n) is 24.0. The molecular formula is C63H98O29. The minimum atomic E-state index is -2.29. The summed E-state index contributed by atoms with van der Waals surface area (Å²) >= 11 is 0. The number of carbonyl (C=O) groups excluding carboxylic acids is 3. The SMILES string of the molecule is C[C@@H]1O[C@H]2O[C@H]3[C@@H](OC[C@H](O)[C@@H]3O)OC(=O)[C@]34CCC(C)(C)C[C@H]3C3=CC[C@@H]5[C@@]6(C)C[C@H](O)[C@H](O[C@@H]7O[C@H](CO)[C@@H](O)[C@H](O)[C@H]7O[C@H]7OC[C@@H](OC(=O)C[C@](C)(O)CC(=O)O[C@@H]1[C@@H](O[C@@H]1OC[C@@H](O)[C@H](O)[C@H]1O)[C@H]2O)[C@H](O)[C@H]7O)[C@@](C)(CO)[C@@H]6CC[C@@]5(C)[C@]3(C)CC4. The van der Waals surface area contributed by atoms with Crippen LogP contribution < -0.4 is 0 Å². The van der Waals surface area contributed by atoms with Crippen LogP contribution in [0.1, 0.15) is 126 Å². The van der Waals surface area contributed by atoms with Gasteiger partial charge in [0.25, 0.3) is 0 Å². The monoisotopic (exact) mass is 1320 g/mol. The molecule has 12 bridgehead atoms.